The molecule has 0 saturated carbocycles. The van der Waals surface area contributed by atoms with Gasteiger partial charge < -0.3 is 15.0 Å². The fraction of sp³-hybridized carbons (Fsp3) is 0.0909. The minimum absolute atomic E-state index is 0. The van der Waals surface area contributed by atoms with E-state index in [1.165, 1.54) is 19.2 Å². The SMILES string of the molecule is C[C@H](N=Cc1ccccc1[O-])C(=O)[O-].[Sn+2].[c]1ccccc1.[c]1ccccc1. The van der Waals surface area contributed by atoms with Crippen LogP contribution in [0.3, 0.4) is 0 Å². The van der Waals surface area contributed by atoms with Gasteiger partial charge >= 0.3 is 23.9 Å². The van der Waals surface area contributed by atoms with Crippen LogP contribution in [0.25, 0.3) is 0 Å². The zero-order chi connectivity index (χ0) is 19.0. The molecule has 0 aromatic heterocycles. The Hall–Kier alpha value is -2.60. The third-order valence-electron chi connectivity index (χ3n) is 2.91. The summed E-state index contributed by atoms with van der Waals surface area (Å²) < 4.78 is 0. The van der Waals surface area contributed by atoms with E-state index < -0.39 is 12.0 Å². The molecule has 4 radical (unpaired) electrons. The first-order valence-corrected chi connectivity index (χ1v) is 7.93. The van der Waals surface area contributed by atoms with Crippen molar-refractivity contribution in [3.63, 3.8) is 0 Å². The molecule has 1 atom stereocenters. The average molecular weight is 464 g/mol. The summed E-state index contributed by atoms with van der Waals surface area (Å²) in [6.45, 7) is 1.39. The quantitative estimate of drug-likeness (QED) is 0.439. The van der Waals surface area contributed by atoms with E-state index in [9.17, 15) is 15.0 Å². The van der Waals surface area contributed by atoms with Crippen LogP contribution >= 0.6 is 0 Å². The minimum atomic E-state index is -1.26. The Morgan fingerprint density at radius 3 is 1.74 bits per heavy atom. The molecule has 0 bridgehead atoms. The second-order valence-corrected chi connectivity index (χ2v) is 4.97. The van der Waals surface area contributed by atoms with E-state index in [-0.39, 0.29) is 29.7 Å². The number of hydrogen-bond acceptors (Lipinski definition) is 4. The van der Waals surface area contributed by atoms with Crippen LogP contribution < -0.4 is 10.2 Å². The van der Waals surface area contributed by atoms with Gasteiger partial charge in [0.1, 0.15) is 0 Å². The molecule has 0 amide bonds. The molecule has 3 aromatic rings. The number of rotatable bonds is 3. The Bertz CT molecular complexity index is 680. The van der Waals surface area contributed by atoms with Crippen molar-refractivity contribution in [2.75, 3.05) is 0 Å². The Morgan fingerprint density at radius 1 is 0.926 bits per heavy atom. The zero-order valence-electron chi connectivity index (χ0n) is 14.9. The maximum absolute atomic E-state index is 11.1. The Labute approximate surface area is 177 Å². The molecular weight excluding hydrogens is 445 g/mol. The summed E-state index contributed by atoms with van der Waals surface area (Å²) in [5.41, 5.74) is 0.376. The molecule has 0 aliphatic heterocycles. The number of para-hydroxylation sites is 1. The molecule has 0 heterocycles. The second-order valence-electron chi connectivity index (χ2n) is 4.97. The van der Waals surface area contributed by atoms with Crippen molar-refractivity contribution in [1.82, 2.24) is 0 Å². The average Bonchev–Trinajstić information content (AvgIpc) is 2.70. The predicted octanol–water partition coefficient (Wildman–Crippen LogP) is 1.91. The molecular formula is C22H19NO3Sn. The number of carboxylic acids is 1. The first-order valence-electron chi connectivity index (χ1n) is 7.93. The molecule has 4 nitrogen and oxygen atoms in total. The van der Waals surface area contributed by atoms with Crippen LogP contribution in [0, 0.1) is 12.1 Å². The summed E-state index contributed by atoms with van der Waals surface area (Å²) in [4.78, 5) is 14.0. The van der Waals surface area contributed by atoms with Crippen LogP contribution in [0.5, 0.6) is 5.75 Å². The summed E-state index contributed by atoms with van der Waals surface area (Å²) in [7, 11) is 0. The van der Waals surface area contributed by atoms with E-state index in [4.69, 9.17) is 0 Å². The normalized spacial score (nSPS) is 10.3. The van der Waals surface area contributed by atoms with Gasteiger partial charge in [0.25, 0.3) is 0 Å². The maximum Gasteiger partial charge on any atom is 2.00 e. The van der Waals surface area contributed by atoms with Gasteiger partial charge in [-0.1, -0.05) is 84.9 Å². The van der Waals surface area contributed by atoms with Gasteiger partial charge in [-0.2, -0.15) is 0 Å². The maximum atomic E-state index is 11.1. The van der Waals surface area contributed by atoms with Gasteiger partial charge in [-0.3, -0.25) is 4.99 Å². The molecule has 3 rings (SSSR count). The van der Waals surface area contributed by atoms with Gasteiger partial charge in [-0.05, 0) is 24.6 Å². The van der Waals surface area contributed by atoms with Crippen LogP contribution in [0.1, 0.15) is 12.5 Å². The molecule has 0 aliphatic rings. The monoisotopic (exact) mass is 465 g/mol. The van der Waals surface area contributed by atoms with Crippen LogP contribution in [-0.4, -0.2) is 42.1 Å². The van der Waals surface area contributed by atoms with Crippen LogP contribution in [0.2, 0.25) is 0 Å². The largest absolute Gasteiger partial charge is 2.00 e. The molecule has 0 saturated heterocycles. The summed E-state index contributed by atoms with van der Waals surface area (Å²) in [5, 5.41) is 21.4. The van der Waals surface area contributed by atoms with Crippen molar-refractivity contribution in [1.29, 1.82) is 0 Å². The Balaban J connectivity index is 0.000000429. The molecule has 134 valence electrons. The molecule has 0 unspecified atom stereocenters. The van der Waals surface area contributed by atoms with E-state index in [1.807, 2.05) is 60.7 Å². The van der Waals surface area contributed by atoms with Crippen LogP contribution in [0.4, 0.5) is 0 Å². The van der Waals surface area contributed by atoms with E-state index >= 15 is 0 Å². The van der Waals surface area contributed by atoms with Crippen LogP contribution in [-0.2, 0) is 4.79 Å². The number of hydrogen-bond donors (Lipinski definition) is 0. The Morgan fingerprint density at radius 2 is 1.41 bits per heavy atom. The smallest absolute Gasteiger partial charge is 0.872 e. The number of benzene rings is 3. The summed E-state index contributed by atoms with van der Waals surface area (Å²) >= 11 is 0. The molecule has 0 spiro atoms. The van der Waals surface area contributed by atoms with Crippen molar-refractivity contribution >= 4 is 36.1 Å². The fourth-order valence-electron chi connectivity index (χ4n) is 1.52. The number of carbonyl (C=O) groups is 1. The van der Waals surface area contributed by atoms with Crippen molar-refractivity contribution in [3.8, 4) is 5.75 Å². The number of nitrogens with zero attached hydrogens (tertiary/aromatic N) is 1. The summed E-state index contributed by atoms with van der Waals surface area (Å²) in [6, 6.07) is 30.3. The molecule has 27 heavy (non-hydrogen) atoms. The van der Waals surface area contributed by atoms with E-state index in [2.05, 4.69) is 17.1 Å². The summed E-state index contributed by atoms with van der Waals surface area (Å²) in [5.74, 6) is -1.44. The van der Waals surface area contributed by atoms with E-state index in [1.54, 1.807) is 18.2 Å². The summed E-state index contributed by atoms with van der Waals surface area (Å²) in [6.07, 6.45) is 1.25. The molecule has 3 aromatic carbocycles. The van der Waals surface area contributed by atoms with E-state index in [0.717, 1.165) is 0 Å². The fourth-order valence-corrected chi connectivity index (χ4v) is 1.52. The first-order chi connectivity index (χ1) is 12.6. The predicted molar refractivity (Wildman–Crippen MR) is 104 cm³/mol. The number of carboxylic acid groups (broad SMARTS) is 1. The molecule has 0 aliphatic carbocycles. The number of aliphatic carboxylic acids is 1. The first kappa shape index (κ1) is 24.4. The molecule has 5 heteroatoms. The number of carbonyl (C=O) groups excluding carboxylic acids is 1. The van der Waals surface area contributed by atoms with Gasteiger partial charge in [0.05, 0.1) is 12.0 Å². The van der Waals surface area contributed by atoms with Crippen molar-refractivity contribution in [3.05, 3.63) is 103 Å². The third kappa shape index (κ3) is 12.4. The van der Waals surface area contributed by atoms with Gasteiger partial charge in [0.15, 0.2) is 0 Å². The van der Waals surface area contributed by atoms with Gasteiger partial charge in [-0.15, -0.1) is 5.75 Å². The molecule has 0 fully saturated rings. The Kier molecular flexibility index (Phi) is 14.1. The minimum Gasteiger partial charge on any atom is -0.872 e. The van der Waals surface area contributed by atoms with Crippen molar-refractivity contribution < 1.29 is 15.0 Å². The third-order valence-corrected chi connectivity index (χ3v) is 2.91. The van der Waals surface area contributed by atoms with Gasteiger partial charge in [-0.25, -0.2) is 0 Å². The van der Waals surface area contributed by atoms with Crippen molar-refractivity contribution in [2.24, 2.45) is 4.99 Å². The topological polar surface area (TPSA) is 75.5 Å². The standard InChI is InChI=1S/C10H11NO3.2C6H5.Sn/c1-7(10(13)14)11-6-8-4-2-3-5-9(8)12;2*1-2-4-6-5-3-1;/h2-7,12H,1H3,(H,13,14);2*1-5H;/q;;;+2/p-2/t7-;;;/m0.../s1. The number of aliphatic imine (C=N–C) groups is 1. The van der Waals surface area contributed by atoms with E-state index in [0.29, 0.717) is 5.56 Å². The van der Waals surface area contributed by atoms with Gasteiger partial charge in [0, 0.05) is 6.21 Å². The molecule has 0 N–H and O–H groups in total. The second kappa shape index (κ2) is 15.6. The van der Waals surface area contributed by atoms with Crippen LogP contribution in [0.15, 0.2) is 89.9 Å². The van der Waals surface area contributed by atoms with Gasteiger partial charge in [0.2, 0.25) is 0 Å². The zero-order valence-corrected chi connectivity index (χ0v) is 17.8. The van der Waals surface area contributed by atoms with Crippen molar-refractivity contribution in [2.45, 2.75) is 13.0 Å².